The van der Waals surface area contributed by atoms with Gasteiger partial charge in [0.05, 0.1) is 18.3 Å². The minimum absolute atomic E-state index is 0. The van der Waals surface area contributed by atoms with E-state index in [0.717, 1.165) is 34.7 Å². The Morgan fingerprint density at radius 1 is 1.35 bits per heavy atom. The second kappa shape index (κ2) is 9.27. The summed E-state index contributed by atoms with van der Waals surface area (Å²) >= 11 is 1.70. The van der Waals surface area contributed by atoms with Gasteiger partial charge < -0.3 is 15.1 Å². The zero-order valence-corrected chi connectivity index (χ0v) is 17.4. The fourth-order valence-electron chi connectivity index (χ4n) is 2.04. The van der Waals surface area contributed by atoms with Gasteiger partial charge in [-0.2, -0.15) is 0 Å². The first kappa shape index (κ1) is 20.0. The summed E-state index contributed by atoms with van der Waals surface area (Å²) in [6, 6.07) is 4.02. The van der Waals surface area contributed by atoms with Gasteiger partial charge >= 0.3 is 0 Å². The van der Waals surface area contributed by atoms with E-state index in [1.165, 1.54) is 4.88 Å². The van der Waals surface area contributed by atoms with Gasteiger partial charge in [-0.1, -0.05) is 0 Å². The molecule has 0 saturated heterocycles. The Morgan fingerprint density at radius 3 is 2.61 bits per heavy atom. The lowest BCUT2D eigenvalue weighted by Crippen LogP contribution is -2.38. The first-order valence-corrected chi connectivity index (χ1v) is 8.35. The molecule has 5 nitrogen and oxygen atoms in total. The second-order valence-corrected chi connectivity index (χ2v) is 6.55. The van der Waals surface area contributed by atoms with Crippen molar-refractivity contribution < 1.29 is 4.42 Å². The smallest absolute Gasteiger partial charge is 0.192 e. The zero-order chi connectivity index (χ0) is 16.1. The van der Waals surface area contributed by atoms with E-state index < -0.39 is 0 Å². The minimum Gasteiger partial charge on any atom is -0.464 e. The molecule has 7 heteroatoms. The lowest BCUT2D eigenvalue weighted by atomic mass is 10.2. The molecule has 0 aromatic carbocycles. The van der Waals surface area contributed by atoms with Gasteiger partial charge in [0.25, 0.3) is 0 Å². The Bertz CT molecular complexity index is 631. The third-order valence-electron chi connectivity index (χ3n) is 3.33. The molecule has 2 N–H and O–H groups in total. The first-order valence-electron chi connectivity index (χ1n) is 7.53. The summed E-state index contributed by atoms with van der Waals surface area (Å²) in [5.41, 5.74) is 1.09. The average molecular weight is 448 g/mol. The summed E-state index contributed by atoms with van der Waals surface area (Å²) in [5, 5.41) is 7.65. The van der Waals surface area contributed by atoms with Crippen molar-refractivity contribution >= 4 is 41.3 Å². The average Bonchev–Trinajstić information content (AvgIpc) is 3.03. The summed E-state index contributed by atoms with van der Waals surface area (Å²) in [7, 11) is 0. The molecule has 0 amide bonds. The molecule has 1 atom stereocenters. The Kier molecular flexibility index (Phi) is 8.04. The maximum atomic E-state index is 5.65. The van der Waals surface area contributed by atoms with Gasteiger partial charge in [0.2, 0.25) is 0 Å². The van der Waals surface area contributed by atoms with Crippen LogP contribution in [0.3, 0.4) is 0 Å². The summed E-state index contributed by atoms with van der Waals surface area (Å²) in [4.78, 5) is 10.4. The number of thiazole rings is 1. The van der Waals surface area contributed by atoms with Crippen LogP contribution in [0.25, 0.3) is 0 Å². The minimum atomic E-state index is 0. The van der Waals surface area contributed by atoms with Crippen LogP contribution in [-0.2, 0) is 6.54 Å². The number of aryl methyl sites for hydroxylation is 3. The van der Waals surface area contributed by atoms with E-state index >= 15 is 0 Å². The fourth-order valence-corrected chi connectivity index (χ4v) is 2.89. The van der Waals surface area contributed by atoms with Crippen LogP contribution in [0.4, 0.5) is 0 Å². The Balaban J connectivity index is 0.00000264. The van der Waals surface area contributed by atoms with E-state index in [0.29, 0.717) is 6.54 Å². The Morgan fingerprint density at radius 2 is 2.09 bits per heavy atom. The van der Waals surface area contributed by atoms with Crippen LogP contribution in [0.1, 0.15) is 47.0 Å². The van der Waals surface area contributed by atoms with Crippen LogP contribution < -0.4 is 10.6 Å². The largest absolute Gasteiger partial charge is 0.464 e. The SMILES string of the molecule is CCNC(=NCc1nc(C)c(C)s1)NC(C)c1ccc(C)o1.I. The Hall–Kier alpha value is -1.09. The Labute approximate surface area is 159 Å². The van der Waals surface area contributed by atoms with E-state index in [1.54, 1.807) is 11.3 Å². The summed E-state index contributed by atoms with van der Waals surface area (Å²) in [6.07, 6.45) is 0. The number of hydrogen-bond donors (Lipinski definition) is 2. The van der Waals surface area contributed by atoms with Crippen molar-refractivity contribution in [2.45, 2.75) is 47.2 Å². The zero-order valence-electron chi connectivity index (χ0n) is 14.3. The summed E-state index contributed by atoms with van der Waals surface area (Å²) in [6.45, 7) is 11.6. The number of hydrogen-bond acceptors (Lipinski definition) is 4. The van der Waals surface area contributed by atoms with Crippen molar-refractivity contribution in [3.8, 4) is 0 Å². The summed E-state index contributed by atoms with van der Waals surface area (Å²) in [5.74, 6) is 2.60. The van der Waals surface area contributed by atoms with Crippen molar-refractivity contribution in [3.05, 3.63) is 39.2 Å². The molecule has 0 aliphatic rings. The second-order valence-electron chi connectivity index (χ2n) is 5.26. The predicted octanol–water partition coefficient (Wildman–Crippen LogP) is 4.10. The highest BCUT2D eigenvalue weighted by molar-refractivity contribution is 14.0. The molecule has 0 fully saturated rings. The van der Waals surface area contributed by atoms with Crippen LogP contribution in [0.2, 0.25) is 0 Å². The van der Waals surface area contributed by atoms with E-state index in [9.17, 15) is 0 Å². The monoisotopic (exact) mass is 448 g/mol. The van der Waals surface area contributed by atoms with E-state index in [4.69, 9.17) is 4.42 Å². The van der Waals surface area contributed by atoms with Gasteiger partial charge in [-0.15, -0.1) is 35.3 Å². The molecule has 0 saturated carbocycles. The third kappa shape index (κ3) is 5.80. The normalized spacial score (nSPS) is 12.7. The van der Waals surface area contributed by atoms with Crippen LogP contribution in [0.15, 0.2) is 21.5 Å². The van der Waals surface area contributed by atoms with Crippen molar-refractivity contribution in [2.24, 2.45) is 4.99 Å². The van der Waals surface area contributed by atoms with Gasteiger partial charge in [0, 0.05) is 11.4 Å². The molecule has 23 heavy (non-hydrogen) atoms. The van der Waals surface area contributed by atoms with Crippen LogP contribution >= 0.6 is 35.3 Å². The molecule has 2 rings (SSSR count). The van der Waals surface area contributed by atoms with Gasteiger partial charge in [-0.3, -0.25) is 0 Å². The molecule has 1 unspecified atom stereocenters. The molecule has 0 bridgehead atoms. The number of aromatic nitrogens is 1. The molecule has 2 heterocycles. The quantitative estimate of drug-likeness (QED) is 0.411. The highest BCUT2D eigenvalue weighted by Crippen LogP contribution is 2.18. The molecule has 2 aromatic rings. The summed E-state index contributed by atoms with van der Waals surface area (Å²) < 4.78 is 5.65. The molecule has 2 aromatic heterocycles. The first-order chi connectivity index (χ1) is 10.5. The number of halogens is 1. The van der Waals surface area contributed by atoms with E-state index in [-0.39, 0.29) is 30.0 Å². The lowest BCUT2D eigenvalue weighted by molar-refractivity contribution is 0.441. The van der Waals surface area contributed by atoms with Gasteiger partial charge in [-0.25, -0.2) is 9.98 Å². The van der Waals surface area contributed by atoms with E-state index in [1.807, 2.05) is 26.0 Å². The number of nitrogens with zero attached hydrogens (tertiary/aromatic N) is 2. The molecule has 0 radical (unpaired) electrons. The highest BCUT2D eigenvalue weighted by Gasteiger charge is 2.11. The van der Waals surface area contributed by atoms with Crippen molar-refractivity contribution in [1.29, 1.82) is 0 Å². The molecule has 0 spiro atoms. The van der Waals surface area contributed by atoms with Gasteiger partial charge in [-0.05, 0) is 46.8 Å². The topological polar surface area (TPSA) is 62.5 Å². The number of guanidine groups is 1. The van der Waals surface area contributed by atoms with Crippen LogP contribution in [0, 0.1) is 20.8 Å². The number of nitrogens with one attached hydrogen (secondary N) is 2. The van der Waals surface area contributed by atoms with Gasteiger partial charge in [0.1, 0.15) is 16.5 Å². The molecule has 0 aliphatic carbocycles. The molecule has 0 aliphatic heterocycles. The van der Waals surface area contributed by atoms with Crippen LogP contribution in [0.5, 0.6) is 0 Å². The highest BCUT2D eigenvalue weighted by atomic mass is 127. The third-order valence-corrected chi connectivity index (χ3v) is 4.39. The molecule has 128 valence electrons. The number of furan rings is 1. The number of aliphatic imine (C=N–C) groups is 1. The van der Waals surface area contributed by atoms with E-state index in [2.05, 4.69) is 41.4 Å². The maximum Gasteiger partial charge on any atom is 0.192 e. The maximum absolute atomic E-state index is 5.65. The van der Waals surface area contributed by atoms with Crippen molar-refractivity contribution in [2.75, 3.05) is 6.54 Å². The van der Waals surface area contributed by atoms with Gasteiger partial charge in [0.15, 0.2) is 5.96 Å². The predicted molar refractivity (Wildman–Crippen MR) is 107 cm³/mol. The standard InChI is InChI=1S/C16H24N4OS.HI/c1-6-17-16(18-9-15-19-11(3)13(5)22-15)20-12(4)14-8-7-10(2)21-14;/h7-8,12H,6,9H2,1-5H3,(H2,17,18,20);1H. The number of rotatable bonds is 5. The fraction of sp³-hybridized carbons (Fsp3) is 0.500. The van der Waals surface area contributed by atoms with Crippen molar-refractivity contribution in [1.82, 2.24) is 15.6 Å². The molecular weight excluding hydrogens is 423 g/mol. The van der Waals surface area contributed by atoms with Crippen molar-refractivity contribution in [3.63, 3.8) is 0 Å². The lowest BCUT2D eigenvalue weighted by Gasteiger charge is -2.15. The molecular formula is C16H25IN4OS. The van der Waals surface area contributed by atoms with Crippen LogP contribution in [-0.4, -0.2) is 17.5 Å².